The van der Waals surface area contributed by atoms with E-state index in [1.54, 1.807) is 5.57 Å². The number of aliphatic hydroxyl groups excluding tert-OH is 1. The zero-order chi connectivity index (χ0) is 22.9. The Bertz CT molecular complexity index is 736. The quantitative estimate of drug-likeness (QED) is 0.503. The lowest BCUT2D eigenvalue weighted by molar-refractivity contribution is 0.0227. The van der Waals surface area contributed by atoms with E-state index in [4.69, 9.17) is 0 Å². The van der Waals surface area contributed by atoms with Gasteiger partial charge in [0.2, 0.25) is 6.43 Å². The van der Waals surface area contributed by atoms with E-state index in [2.05, 4.69) is 37.5 Å². The average molecular weight is 448 g/mol. The lowest BCUT2D eigenvalue weighted by Crippen LogP contribution is -2.42. The van der Waals surface area contributed by atoms with Gasteiger partial charge in [0.15, 0.2) is 0 Å². The second-order valence-corrected chi connectivity index (χ2v) is 11.4. The van der Waals surface area contributed by atoms with Gasteiger partial charge >= 0.3 is 0 Å². The van der Waals surface area contributed by atoms with E-state index in [1.807, 2.05) is 0 Å². The third-order valence-corrected chi connectivity index (χ3v) is 9.50. The fourth-order valence-corrected chi connectivity index (χ4v) is 7.57. The molecule has 0 radical (unpaired) electrons. The predicted molar refractivity (Wildman–Crippen MR) is 128 cm³/mol. The van der Waals surface area contributed by atoms with Crippen molar-refractivity contribution in [1.29, 1.82) is 0 Å². The molecule has 180 valence electrons. The second kappa shape index (κ2) is 10.1. The maximum absolute atomic E-state index is 13.0. The van der Waals surface area contributed by atoms with E-state index < -0.39 is 12.3 Å². The Hall–Kier alpha value is -1.00. The first kappa shape index (κ1) is 24.1. The van der Waals surface area contributed by atoms with E-state index in [-0.39, 0.29) is 6.10 Å². The standard InChI is InChI=1S/C28H43F2NO/c1-19(18-31-16-13-23(14-17-31)27(29)30)24-11-12-25-22(7-5-15-28(24,25)3)10-9-21-6-4-8-26(32)20(21)2/h9-10,19,23-27,32H,2,4-8,11-18H2,1,3H3/b21-9-,22-10+/t19-,24?,25?,26?,28?/m0/s1. The number of rotatable bonds is 5. The molecule has 4 aliphatic rings. The molecule has 3 aliphatic carbocycles. The summed E-state index contributed by atoms with van der Waals surface area (Å²) in [6.45, 7) is 11.8. The zero-order valence-electron chi connectivity index (χ0n) is 20.2. The lowest BCUT2D eigenvalue weighted by Gasteiger charge is -2.45. The Morgan fingerprint density at radius 1 is 1.09 bits per heavy atom. The molecule has 4 rings (SSSR count). The molecule has 5 atom stereocenters. The van der Waals surface area contributed by atoms with Crippen LogP contribution in [0.5, 0.6) is 0 Å². The first-order chi connectivity index (χ1) is 15.3. The number of allylic oxidation sites excluding steroid dienone is 3. The highest BCUT2D eigenvalue weighted by Gasteiger charge is 2.50. The third-order valence-electron chi connectivity index (χ3n) is 9.50. The largest absolute Gasteiger partial charge is 0.388 e. The van der Waals surface area contributed by atoms with E-state index in [1.165, 1.54) is 37.7 Å². The molecule has 1 saturated heterocycles. The molecule has 32 heavy (non-hydrogen) atoms. The molecule has 0 bridgehead atoms. The summed E-state index contributed by atoms with van der Waals surface area (Å²) in [5, 5.41) is 10.1. The molecular weight excluding hydrogens is 404 g/mol. The molecule has 2 nitrogen and oxygen atoms in total. The van der Waals surface area contributed by atoms with Gasteiger partial charge in [-0.2, -0.15) is 0 Å². The van der Waals surface area contributed by atoms with Crippen LogP contribution in [0.25, 0.3) is 0 Å². The van der Waals surface area contributed by atoms with E-state index in [0.717, 1.165) is 44.5 Å². The molecule has 4 heteroatoms. The molecule has 0 aromatic heterocycles. The Kier molecular flexibility index (Phi) is 7.61. The van der Waals surface area contributed by atoms with Crippen LogP contribution in [0.15, 0.2) is 35.5 Å². The lowest BCUT2D eigenvalue weighted by atomic mass is 9.61. The minimum Gasteiger partial charge on any atom is -0.388 e. The second-order valence-electron chi connectivity index (χ2n) is 11.4. The molecule has 3 saturated carbocycles. The Morgan fingerprint density at radius 2 is 1.84 bits per heavy atom. The summed E-state index contributed by atoms with van der Waals surface area (Å²) in [4.78, 5) is 2.45. The van der Waals surface area contributed by atoms with Gasteiger partial charge in [-0.25, -0.2) is 8.78 Å². The van der Waals surface area contributed by atoms with Crippen LogP contribution in [-0.4, -0.2) is 42.2 Å². The summed E-state index contributed by atoms with van der Waals surface area (Å²) in [6, 6.07) is 0. The Labute approximate surface area is 193 Å². The number of aliphatic hydroxyl groups is 1. The minimum atomic E-state index is -2.15. The van der Waals surface area contributed by atoms with Crippen molar-refractivity contribution in [1.82, 2.24) is 4.90 Å². The van der Waals surface area contributed by atoms with E-state index in [9.17, 15) is 13.9 Å². The van der Waals surface area contributed by atoms with Crippen molar-refractivity contribution in [3.8, 4) is 0 Å². The van der Waals surface area contributed by atoms with Crippen LogP contribution in [0, 0.1) is 29.1 Å². The summed E-state index contributed by atoms with van der Waals surface area (Å²) in [7, 11) is 0. The molecule has 4 unspecified atom stereocenters. The molecule has 0 spiro atoms. The van der Waals surface area contributed by atoms with Crippen LogP contribution in [0.2, 0.25) is 0 Å². The topological polar surface area (TPSA) is 23.5 Å². The highest BCUT2D eigenvalue weighted by molar-refractivity contribution is 5.37. The highest BCUT2D eigenvalue weighted by atomic mass is 19.3. The predicted octanol–water partition coefficient (Wildman–Crippen LogP) is 6.77. The molecular formula is C28H43F2NO. The van der Waals surface area contributed by atoms with Gasteiger partial charge in [0.25, 0.3) is 0 Å². The molecule has 1 N–H and O–H groups in total. The van der Waals surface area contributed by atoms with Crippen LogP contribution < -0.4 is 0 Å². The molecule has 4 fully saturated rings. The van der Waals surface area contributed by atoms with Crippen molar-refractivity contribution in [2.75, 3.05) is 19.6 Å². The minimum absolute atomic E-state index is 0.354. The Balaban J connectivity index is 1.40. The molecule has 0 aromatic rings. The zero-order valence-corrected chi connectivity index (χ0v) is 20.2. The van der Waals surface area contributed by atoms with Gasteiger partial charge in [0.1, 0.15) is 0 Å². The summed E-state index contributed by atoms with van der Waals surface area (Å²) >= 11 is 0. The number of fused-ring (bicyclic) bond motifs is 1. The first-order valence-corrected chi connectivity index (χ1v) is 13.1. The third kappa shape index (κ3) is 4.92. The monoisotopic (exact) mass is 447 g/mol. The summed E-state index contributed by atoms with van der Waals surface area (Å²) in [6.07, 6.45) is 12.7. The smallest absolute Gasteiger partial charge is 0.241 e. The number of alkyl halides is 2. The number of likely N-dealkylation sites (tertiary alicyclic amines) is 1. The number of nitrogens with zero attached hydrogens (tertiary/aromatic N) is 1. The van der Waals surface area contributed by atoms with Crippen molar-refractivity contribution in [3.63, 3.8) is 0 Å². The SMILES string of the molecule is C=C1/C(=C\C=C2/CCCC3(C)C2CCC3[C@@H](C)CN2CCC(C(F)F)CC2)CCCC1O. The molecule has 0 aromatic carbocycles. The van der Waals surface area contributed by atoms with Gasteiger partial charge in [-0.1, -0.05) is 38.2 Å². The Morgan fingerprint density at radius 3 is 2.56 bits per heavy atom. The van der Waals surface area contributed by atoms with Gasteiger partial charge in [0, 0.05) is 12.5 Å². The normalized spacial score (nSPS) is 38.6. The summed E-state index contributed by atoms with van der Waals surface area (Å²) in [5.74, 6) is 1.59. The van der Waals surface area contributed by atoms with Crippen LogP contribution in [0.1, 0.15) is 78.1 Å². The maximum atomic E-state index is 13.0. The maximum Gasteiger partial charge on any atom is 0.241 e. The van der Waals surface area contributed by atoms with Crippen molar-refractivity contribution in [3.05, 3.63) is 35.5 Å². The van der Waals surface area contributed by atoms with Crippen LogP contribution in [-0.2, 0) is 0 Å². The van der Waals surface area contributed by atoms with Crippen molar-refractivity contribution >= 4 is 0 Å². The van der Waals surface area contributed by atoms with Crippen LogP contribution in [0.4, 0.5) is 8.78 Å². The number of piperidine rings is 1. The number of hydrogen-bond donors (Lipinski definition) is 1. The fourth-order valence-electron chi connectivity index (χ4n) is 7.57. The van der Waals surface area contributed by atoms with Crippen LogP contribution in [0.3, 0.4) is 0 Å². The van der Waals surface area contributed by atoms with Gasteiger partial charge < -0.3 is 10.0 Å². The average Bonchev–Trinajstić information content (AvgIpc) is 3.13. The first-order valence-electron chi connectivity index (χ1n) is 13.1. The number of hydrogen-bond acceptors (Lipinski definition) is 2. The summed E-state index contributed by atoms with van der Waals surface area (Å²) < 4.78 is 26.0. The van der Waals surface area contributed by atoms with Crippen molar-refractivity contribution in [2.45, 2.75) is 90.6 Å². The van der Waals surface area contributed by atoms with Gasteiger partial charge in [-0.3, -0.25) is 0 Å². The highest BCUT2D eigenvalue weighted by Crippen LogP contribution is 2.59. The van der Waals surface area contributed by atoms with Gasteiger partial charge in [-0.05, 0) is 112 Å². The van der Waals surface area contributed by atoms with E-state index in [0.29, 0.717) is 36.0 Å². The van der Waals surface area contributed by atoms with Crippen molar-refractivity contribution < 1.29 is 13.9 Å². The van der Waals surface area contributed by atoms with Gasteiger partial charge in [-0.15, -0.1) is 0 Å². The number of halogens is 2. The van der Waals surface area contributed by atoms with E-state index >= 15 is 0 Å². The molecule has 0 amide bonds. The molecule has 1 heterocycles. The van der Waals surface area contributed by atoms with Gasteiger partial charge in [0.05, 0.1) is 6.10 Å². The van der Waals surface area contributed by atoms with Crippen molar-refractivity contribution in [2.24, 2.45) is 29.1 Å². The fraction of sp³-hybridized carbons (Fsp3) is 0.786. The summed E-state index contributed by atoms with van der Waals surface area (Å²) in [5.41, 5.74) is 4.11. The molecule has 1 aliphatic heterocycles. The van der Waals surface area contributed by atoms with Crippen LogP contribution >= 0.6 is 0 Å².